The van der Waals surface area contributed by atoms with E-state index in [9.17, 15) is 0 Å². The van der Waals surface area contributed by atoms with Crippen LogP contribution >= 0.6 is 0 Å². The molecule has 4 heteroatoms. The third kappa shape index (κ3) is 1.88. The Morgan fingerprint density at radius 1 is 1.10 bits per heavy atom. The van der Waals surface area contributed by atoms with E-state index < -0.39 is 0 Å². The molecule has 4 rings (SSSR count). The van der Waals surface area contributed by atoms with Gasteiger partial charge >= 0.3 is 0 Å². The molecule has 2 heterocycles. The molecular weight excluding hydrogens is 256 g/mol. The van der Waals surface area contributed by atoms with Crippen molar-refractivity contribution in [2.45, 2.75) is 75.5 Å². The molecule has 2 aliphatic heterocycles. The summed E-state index contributed by atoms with van der Waals surface area (Å²) in [5, 5.41) is 0. The average Bonchev–Trinajstić information content (AvgIpc) is 2.94. The Labute approximate surface area is 121 Å². The summed E-state index contributed by atoms with van der Waals surface area (Å²) in [6.45, 7) is 4.34. The Kier molecular flexibility index (Phi) is 3.33. The van der Waals surface area contributed by atoms with Crippen LogP contribution < -0.4 is 0 Å². The zero-order valence-electron chi connectivity index (χ0n) is 12.4. The molecule has 20 heavy (non-hydrogen) atoms. The van der Waals surface area contributed by atoms with Gasteiger partial charge in [0.1, 0.15) is 17.8 Å². The van der Waals surface area contributed by atoms with Gasteiger partial charge in [-0.25, -0.2) is 0 Å². The Hall–Kier alpha value is -0.160. The van der Waals surface area contributed by atoms with E-state index >= 15 is 0 Å². The van der Waals surface area contributed by atoms with Gasteiger partial charge in [-0.3, -0.25) is 0 Å². The summed E-state index contributed by atoms with van der Waals surface area (Å²) in [6.07, 6.45) is 8.31. The van der Waals surface area contributed by atoms with Crippen LogP contribution in [0.3, 0.4) is 0 Å². The summed E-state index contributed by atoms with van der Waals surface area (Å²) in [4.78, 5) is 0. The fourth-order valence-electron chi connectivity index (χ4n) is 4.64. The van der Waals surface area contributed by atoms with Gasteiger partial charge in [-0.05, 0) is 32.6 Å². The van der Waals surface area contributed by atoms with Gasteiger partial charge in [0.15, 0.2) is 5.79 Å². The number of ether oxygens (including phenoxy) is 4. The van der Waals surface area contributed by atoms with Crippen LogP contribution in [0.15, 0.2) is 0 Å². The maximum Gasteiger partial charge on any atom is 0.169 e. The molecule has 4 atom stereocenters. The number of rotatable bonds is 3. The zero-order chi connectivity index (χ0) is 13.6. The smallest absolute Gasteiger partial charge is 0.169 e. The highest BCUT2D eigenvalue weighted by Crippen LogP contribution is 2.53. The molecule has 114 valence electrons. The van der Waals surface area contributed by atoms with Gasteiger partial charge in [0.25, 0.3) is 0 Å². The van der Waals surface area contributed by atoms with Crippen molar-refractivity contribution in [2.24, 2.45) is 5.92 Å². The van der Waals surface area contributed by atoms with Crippen molar-refractivity contribution in [1.82, 2.24) is 0 Å². The minimum atomic E-state index is -0.304. The Morgan fingerprint density at radius 3 is 2.65 bits per heavy atom. The molecule has 2 aliphatic carbocycles. The van der Waals surface area contributed by atoms with Gasteiger partial charge in [-0.1, -0.05) is 6.42 Å². The van der Waals surface area contributed by atoms with Crippen LogP contribution in [0, 0.1) is 5.92 Å². The highest BCUT2D eigenvalue weighted by atomic mass is 16.8. The molecule has 4 aliphatic rings. The average molecular weight is 282 g/mol. The lowest BCUT2D eigenvalue weighted by Crippen LogP contribution is -2.58. The van der Waals surface area contributed by atoms with Gasteiger partial charge in [0, 0.05) is 25.4 Å². The van der Waals surface area contributed by atoms with Crippen LogP contribution in [0.1, 0.15) is 51.9 Å². The molecule has 4 nitrogen and oxygen atoms in total. The quantitative estimate of drug-likeness (QED) is 0.797. The number of hydrogen-bond donors (Lipinski definition) is 0. The van der Waals surface area contributed by atoms with Gasteiger partial charge in [-0.2, -0.15) is 0 Å². The van der Waals surface area contributed by atoms with Crippen LogP contribution in [0.4, 0.5) is 0 Å². The van der Waals surface area contributed by atoms with Crippen LogP contribution in [0.5, 0.6) is 0 Å². The second kappa shape index (κ2) is 4.94. The molecule has 2 saturated carbocycles. The van der Waals surface area contributed by atoms with Crippen molar-refractivity contribution in [3.63, 3.8) is 0 Å². The molecule has 0 aromatic rings. The second-order valence-corrected chi connectivity index (χ2v) is 6.82. The molecule has 1 spiro atoms. The zero-order valence-corrected chi connectivity index (χ0v) is 12.4. The van der Waals surface area contributed by atoms with Crippen LogP contribution in [-0.2, 0) is 18.9 Å². The summed E-state index contributed by atoms with van der Waals surface area (Å²) >= 11 is 0. The van der Waals surface area contributed by atoms with Gasteiger partial charge in [0.2, 0.25) is 0 Å². The van der Waals surface area contributed by atoms with Crippen molar-refractivity contribution >= 4 is 0 Å². The molecule has 0 aromatic heterocycles. The molecule has 2 saturated heterocycles. The highest BCUT2D eigenvalue weighted by molar-refractivity contribution is 5.11. The lowest BCUT2D eigenvalue weighted by Gasteiger charge is -2.47. The minimum absolute atomic E-state index is 0.0601. The lowest BCUT2D eigenvalue weighted by atomic mass is 9.67. The first kappa shape index (κ1) is 13.5. The van der Waals surface area contributed by atoms with Crippen LogP contribution in [0.2, 0.25) is 0 Å². The molecule has 0 radical (unpaired) electrons. The highest BCUT2D eigenvalue weighted by Gasteiger charge is 2.62. The first-order chi connectivity index (χ1) is 9.78. The summed E-state index contributed by atoms with van der Waals surface area (Å²) in [5.74, 6) is 0.264. The van der Waals surface area contributed by atoms with E-state index in [4.69, 9.17) is 18.9 Å². The van der Waals surface area contributed by atoms with E-state index in [0.29, 0.717) is 12.5 Å². The fraction of sp³-hybridized carbons (Fsp3) is 1.00. The normalized spacial score (nSPS) is 46.4. The molecule has 1 unspecified atom stereocenters. The number of fused-ring (bicyclic) bond motifs is 1. The van der Waals surface area contributed by atoms with Gasteiger partial charge in [0.05, 0.1) is 13.2 Å². The molecule has 4 fully saturated rings. The summed E-state index contributed by atoms with van der Waals surface area (Å²) in [5.41, 5.74) is -0.0804. The topological polar surface area (TPSA) is 36.9 Å². The standard InChI is InChI=1S/C16H26O4/c1-2-18-16-9-6-12(16)10-17-14(16)13-11-19-15(20-13)7-4-3-5-8-15/h12-14H,2-11H2,1H3/t12-,13?,14+,16+/m1/s1. The van der Waals surface area contributed by atoms with Crippen LogP contribution in [0.25, 0.3) is 0 Å². The second-order valence-electron chi connectivity index (χ2n) is 6.82. The van der Waals surface area contributed by atoms with E-state index in [1.165, 1.54) is 25.7 Å². The van der Waals surface area contributed by atoms with E-state index in [2.05, 4.69) is 6.92 Å². The maximum atomic E-state index is 6.37. The van der Waals surface area contributed by atoms with Crippen molar-refractivity contribution in [1.29, 1.82) is 0 Å². The van der Waals surface area contributed by atoms with Gasteiger partial charge in [-0.15, -0.1) is 0 Å². The summed E-state index contributed by atoms with van der Waals surface area (Å²) < 4.78 is 24.7. The van der Waals surface area contributed by atoms with Crippen LogP contribution in [-0.4, -0.2) is 43.4 Å². The predicted molar refractivity (Wildman–Crippen MR) is 73.5 cm³/mol. The third-order valence-corrected chi connectivity index (χ3v) is 5.78. The number of hydrogen-bond acceptors (Lipinski definition) is 4. The monoisotopic (exact) mass is 282 g/mol. The predicted octanol–water partition coefficient (Wildman–Crippen LogP) is 2.65. The first-order valence-electron chi connectivity index (χ1n) is 8.35. The molecule has 0 amide bonds. The van der Waals surface area contributed by atoms with Crippen molar-refractivity contribution in [3.05, 3.63) is 0 Å². The third-order valence-electron chi connectivity index (χ3n) is 5.78. The SMILES string of the molecule is CCO[C@@]12CC[C@@H]1CO[C@H]2C1COC2(CCCCC2)O1. The Bertz CT molecular complexity index is 365. The van der Waals surface area contributed by atoms with Crippen molar-refractivity contribution < 1.29 is 18.9 Å². The molecule has 0 N–H and O–H groups in total. The first-order valence-corrected chi connectivity index (χ1v) is 8.35. The van der Waals surface area contributed by atoms with E-state index in [1.54, 1.807) is 0 Å². The Morgan fingerprint density at radius 2 is 1.95 bits per heavy atom. The maximum absolute atomic E-state index is 6.37. The van der Waals surface area contributed by atoms with E-state index in [0.717, 1.165) is 32.5 Å². The summed E-state index contributed by atoms with van der Waals surface area (Å²) in [7, 11) is 0. The Balaban J connectivity index is 1.48. The summed E-state index contributed by atoms with van der Waals surface area (Å²) in [6, 6.07) is 0. The minimum Gasteiger partial charge on any atom is -0.372 e. The fourth-order valence-corrected chi connectivity index (χ4v) is 4.64. The van der Waals surface area contributed by atoms with E-state index in [-0.39, 0.29) is 23.6 Å². The largest absolute Gasteiger partial charge is 0.372 e. The molecule has 0 aromatic carbocycles. The van der Waals surface area contributed by atoms with Gasteiger partial charge < -0.3 is 18.9 Å². The molecule has 0 bridgehead atoms. The van der Waals surface area contributed by atoms with Crippen molar-refractivity contribution in [2.75, 3.05) is 19.8 Å². The lowest BCUT2D eigenvalue weighted by molar-refractivity contribution is -0.218. The van der Waals surface area contributed by atoms with Crippen molar-refractivity contribution in [3.8, 4) is 0 Å². The molecular formula is C16H26O4. The van der Waals surface area contributed by atoms with E-state index in [1.807, 2.05) is 0 Å².